The molecular weight excluding hydrogens is 396 g/mol. The van der Waals surface area contributed by atoms with Gasteiger partial charge in [-0.05, 0) is 70.2 Å². The predicted octanol–water partition coefficient (Wildman–Crippen LogP) is 5.48. The van der Waals surface area contributed by atoms with Gasteiger partial charge in [0.25, 0.3) is 0 Å². The van der Waals surface area contributed by atoms with Gasteiger partial charge < -0.3 is 10.2 Å². The van der Waals surface area contributed by atoms with Crippen LogP contribution in [0.25, 0.3) is 5.69 Å². The molecule has 2 aromatic carbocycles. The Labute approximate surface area is 191 Å². The third kappa shape index (κ3) is 5.10. The fraction of sp³-hybridized carbons (Fsp3) is 0.407. The van der Waals surface area contributed by atoms with E-state index in [2.05, 4.69) is 52.7 Å². The highest BCUT2D eigenvalue weighted by molar-refractivity contribution is 5.92. The van der Waals surface area contributed by atoms with E-state index in [9.17, 15) is 4.79 Å². The average molecular weight is 431 g/mol. The minimum Gasteiger partial charge on any atom is -0.323 e. The Morgan fingerprint density at radius 2 is 1.62 bits per heavy atom. The molecule has 1 saturated carbocycles. The van der Waals surface area contributed by atoms with Crippen LogP contribution in [0, 0.1) is 13.8 Å². The summed E-state index contributed by atoms with van der Waals surface area (Å²) in [6.45, 7) is 4.72. The summed E-state index contributed by atoms with van der Waals surface area (Å²) in [4.78, 5) is 15.1. The van der Waals surface area contributed by atoms with Crippen molar-refractivity contribution in [3.63, 3.8) is 0 Å². The Balaban J connectivity index is 1.28. The molecule has 0 aliphatic heterocycles. The Morgan fingerprint density at radius 1 is 1.00 bits per heavy atom. The van der Waals surface area contributed by atoms with Crippen LogP contribution >= 0.6 is 0 Å². The summed E-state index contributed by atoms with van der Waals surface area (Å²) < 4.78 is 1.89. The number of nitrogens with zero attached hydrogens (tertiary/aromatic N) is 3. The monoisotopic (exact) mass is 430 g/mol. The Bertz CT molecular complexity index is 1020. The number of carbonyl (C=O) groups is 1. The highest BCUT2D eigenvalue weighted by Gasteiger charge is 2.25. The Hall–Kier alpha value is -2.92. The summed E-state index contributed by atoms with van der Waals surface area (Å²) in [5.41, 5.74) is 5.08. The zero-order valence-corrected chi connectivity index (χ0v) is 19.4. The van der Waals surface area contributed by atoms with Crippen LogP contribution in [0.4, 0.5) is 5.69 Å². The van der Waals surface area contributed by atoms with Crippen molar-refractivity contribution in [2.75, 3.05) is 18.9 Å². The highest BCUT2D eigenvalue weighted by Crippen LogP contribution is 2.34. The first-order valence-electron chi connectivity index (χ1n) is 11.7. The molecule has 0 bridgehead atoms. The van der Waals surface area contributed by atoms with Gasteiger partial charge in [-0.3, -0.25) is 4.79 Å². The molecule has 0 unspecified atom stereocenters. The van der Waals surface area contributed by atoms with Gasteiger partial charge in [-0.2, -0.15) is 5.10 Å². The number of rotatable bonds is 7. The molecule has 5 heteroatoms. The molecule has 1 aliphatic rings. The number of aryl methyl sites for hydroxylation is 1. The van der Waals surface area contributed by atoms with Gasteiger partial charge in [0.1, 0.15) is 0 Å². The second kappa shape index (κ2) is 10.1. The fourth-order valence-electron chi connectivity index (χ4n) is 4.88. The molecule has 1 N–H and O–H groups in total. The van der Waals surface area contributed by atoms with Crippen molar-refractivity contribution in [1.82, 2.24) is 14.7 Å². The van der Waals surface area contributed by atoms with Crippen LogP contribution in [0.5, 0.6) is 0 Å². The van der Waals surface area contributed by atoms with Crippen LogP contribution < -0.4 is 5.32 Å². The molecule has 4 rings (SSSR count). The van der Waals surface area contributed by atoms with Gasteiger partial charge in [0.2, 0.25) is 5.91 Å². The van der Waals surface area contributed by atoms with E-state index in [1.54, 1.807) is 0 Å². The molecule has 0 radical (unpaired) electrons. The van der Waals surface area contributed by atoms with Crippen molar-refractivity contribution in [1.29, 1.82) is 0 Å². The van der Waals surface area contributed by atoms with E-state index in [1.807, 2.05) is 48.9 Å². The number of hydrogen-bond donors (Lipinski definition) is 1. The van der Waals surface area contributed by atoms with Gasteiger partial charge in [0.05, 0.1) is 22.8 Å². The maximum absolute atomic E-state index is 12.7. The summed E-state index contributed by atoms with van der Waals surface area (Å²) in [6, 6.07) is 21.4. The van der Waals surface area contributed by atoms with Crippen molar-refractivity contribution >= 4 is 11.6 Å². The molecule has 3 aromatic rings. The molecule has 1 aliphatic carbocycles. The van der Waals surface area contributed by atoms with Crippen LogP contribution in [0.1, 0.15) is 55.0 Å². The van der Waals surface area contributed by atoms with E-state index in [0.717, 1.165) is 29.3 Å². The van der Waals surface area contributed by atoms with E-state index in [0.29, 0.717) is 18.4 Å². The van der Waals surface area contributed by atoms with E-state index in [4.69, 9.17) is 0 Å². The summed E-state index contributed by atoms with van der Waals surface area (Å²) >= 11 is 0. The van der Waals surface area contributed by atoms with Crippen LogP contribution in [-0.4, -0.2) is 40.2 Å². The third-order valence-electron chi connectivity index (χ3n) is 6.84. The molecule has 32 heavy (non-hydrogen) atoms. The average Bonchev–Trinajstić information content (AvgIpc) is 3.12. The lowest BCUT2D eigenvalue weighted by Gasteiger charge is -2.34. The molecule has 1 amide bonds. The van der Waals surface area contributed by atoms with Gasteiger partial charge >= 0.3 is 0 Å². The van der Waals surface area contributed by atoms with Crippen molar-refractivity contribution < 1.29 is 4.79 Å². The maximum Gasteiger partial charge on any atom is 0.225 e. The SMILES string of the molecule is Cc1nn(-c2ccccc2)c(C)c1NC(=O)CCN(C)C1CCC(c2ccccc2)CC1. The van der Waals surface area contributed by atoms with Crippen molar-refractivity contribution in [3.8, 4) is 5.69 Å². The lowest BCUT2D eigenvalue weighted by atomic mass is 9.81. The number of benzene rings is 2. The number of anilines is 1. The molecule has 1 fully saturated rings. The number of hydrogen-bond acceptors (Lipinski definition) is 3. The van der Waals surface area contributed by atoms with E-state index in [1.165, 1.54) is 31.2 Å². The van der Waals surface area contributed by atoms with E-state index >= 15 is 0 Å². The number of amides is 1. The first-order valence-corrected chi connectivity index (χ1v) is 11.7. The predicted molar refractivity (Wildman–Crippen MR) is 130 cm³/mol. The lowest BCUT2D eigenvalue weighted by Crippen LogP contribution is -2.36. The number of nitrogens with one attached hydrogen (secondary N) is 1. The second-order valence-corrected chi connectivity index (χ2v) is 8.99. The van der Waals surface area contributed by atoms with Crippen LogP contribution in [0.2, 0.25) is 0 Å². The Morgan fingerprint density at radius 3 is 2.28 bits per heavy atom. The molecule has 5 nitrogen and oxygen atoms in total. The first-order chi connectivity index (χ1) is 15.5. The lowest BCUT2D eigenvalue weighted by molar-refractivity contribution is -0.116. The standard InChI is InChI=1S/C27H34N4O/c1-20-27(21(2)31(29-20)25-12-8-5-9-13-25)28-26(32)18-19-30(3)24-16-14-23(15-17-24)22-10-6-4-7-11-22/h4-13,23-24H,14-19H2,1-3H3,(H,28,32). The van der Waals surface area contributed by atoms with Crippen molar-refractivity contribution in [2.24, 2.45) is 0 Å². The second-order valence-electron chi connectivity index (χ2n) is 8.99. The van der Waals surface area contributed by atoms with Crippen LogP contribution in [-0.2, 0) is 4.79 Å². The summed E-state index contributed by atoms with van der Waals surface area (Å²) in [5, 5.41) is 7.73. The summed E-state index contributed by atoms with van der Waals surface area (Å²) in [5.74, 6) is 0.727. The molecule has 1 heterocycles. The van der Waals surface area contributed by atoms with Gasteiger partial charge in [-0.25, -0.2) is 4.68 Å². The van der Waals surface area contributed by atoms with Crippen LogP contribution in [0.15, 0.2) is 60.7 Å². The van der Waals surface area contributed by atoms with E-state index < -0.39 is 0 Å². The minimum atomic E-state index is 0.0497. The van der Waals surface area contributed by atoms with Gasteiger partial charge in [0.15, 0.2) is 0 Å². The number of aromatic nitrogens is 2. The zero-order chi connectivity index (χ0) is 22.5. The molecule has 1 aromatic heterocycles. The highest BCUT2D eigenvalue weighted by atomic mass is 16.1. The smallest absolute Gasteiger partial charge is 0.225 e. The van der Waals surface area contributed by atoms with Crippen molar-refractivity contribution in [3.05, 3.63) is 77.6 Å². The molecular formula is C27H34N4O. The van der Waals surface area contributed by atoms with Gasteiger partial charge in [-0.15, -0.1) is 0 Å². The minimum absolute atomic E-state index is 0.0497. The fourth-order valence-corrected chi connectivity index (χ4v) is 4.88. The molecule has 0 spiro atoms. The maximum atomic E-state index is 12.7. The first kappa shape index (κ1) is 22.3. The number of para-hydroxylation sites is 1. The quantitative estimate of drug-likeness (QED) is 0.540. The topological polar surface area (TPSA) is 50.2 Å². The molecule has 0 saturated heterocycles. The van der Waals surface area contributed by atoms with E-state index in [-0.39, 0.29) is 5.91 Å². The summed E-state index contributed by atoms with van der Waals surface area (Å²) in [6.07, 6.45) is 5.33. The molecule has 168 valence electrons. The van der Waals surface area contributed by atoms with Gasteiger partial charge in [-0.1, -0.05) is 48.5 Å². The normalized spacial score (nSPS) is 18.6. The molecule has 0 atom stereocenters. The van der Waals surface area contributed by atoms with Crippen molar-refractivity contribution in [2.45, 2.75) is 57.9 Å². The largest absolute Gasteiger partial charge is 0.323 e. The van der Waals surface area contributed by atoms with Gasteiger partial charge in [0, 0.05) is 19.0 Å². The number of carbonyl (C=O) groups excluding carboxylic acids is 1. The van der Waals surface area contributed by atoms with Crippen LogP contribution in [0.3, 0.4) is 0 Å². The third-order valence-corrected chi connectivity index (χ3v) is 6.84. The Kier molecular flexibility index (Phi) is 7.05. The summed E-state index contributed by atoms with van der Waals surface area (Å²) in [7, 11) is 2.16. The zero-order valence-electron chi connectivity index (χ0n) is 19.4.